The van der Waals surface area contributed by atoms with Gasteiger partial charge >= 0.3 is 11.9 Å². The quantitative estimate of drug-likeness (QED) is 0.483. The molecule has 0 amide bonds. The van der Waals surface area contributed by atoms with Crippen molar-refractivity contribution in [2.75, 3.05) is 6.61 Å². The number of carbonyl (C=O) groups excluding carboxylic acids is 2. The summed E-state index contributed by atoms with van der Waals surface area (Å²) >= 11 is 10.8. The molecule has 1 atom stereocenters. The van der Waals surface area contributed by atoms with E-state index in [9.17, 15) is 9.59 Å². The zero-order chi connectivity index (χ0) is 14.8. The molecule has 0 aromatic rings. The lowest BCUT2D eigenvalue weighted by atomic mass is 10.1. The summed E-state index contributed by atoms with van der Waals surface area (Å²) in [5, 5.41) is 0. The van der Waals surface area contributed by atoms with Crippen LogP contribution in [0.3, 0.4) is 0 Å². The summed E-state index contributed by atoms with van der Waals surface area (Å²) in [6.07, 6.45) is 1.52. The van der Waals surface area contributed by atoms with Crippen LogP contribution in [-0.2, 0) is 19.1 Å². The van der Waals surface area contributed by atoms with Crippen molar-refractivity contribution in [3.05, 3.63) is 0 Å². The second-order valence-electron chi connectivity index (χ2n) is 4.86. The third kappa shape index (κ3) is 12.3. The van der Waals surface area contributed by atoms with Gasteiger partial charge in [-0.15, -0.1) is 23.2 Å². The molecule has 0 radical (unpaired) electrons. The molecule has 112 valence electrons. The Hall–Kier alpha value is -0.480. The van der Waals surface area contributed by atoms with Crippen molar-refractivity contribution in [2.45, 2.75) is 57.4 Å². The van der Waals surface area contributed by atoms with Crippen LogP contribution in [0, 0.1) is 5.92 Å². The lowest BCUT2D eigenvalue weighted by Crippen LogP contribution is -2.17. The van der Waals surface area contributed by atoms with Gasteiger partial charge in [-0.05, 0) is 25.7 Å². The molecular weight excluding hydrogens is 291 g/mol. The molecule has 6 heteroatoms. The summed E-state index contributed by atoms with van der Waals surface area (Å²) in [7, 11) is 0. The van der Waals surface area contributed by atoms with Crippen LogP contribution in [0.5, 0.6) is 0 Å². The number of rotatable bonds is 9. The Balaban J connectivity index is 3.65. The third-order valence-corrected chi connectivity index (χ3v) is 2.52. The monoisotopic (exact) mass is 312 g/mol. The molecule has 0 saturated heterocycles. The first-order chi connectivity index (χ1) is 8.81. The minimum absolute atomic E-state index is 0.0299. The molecule has 0 aliphatic heterocycles. The molecule has 0 heterocycles. The minimum Gasteiger partial charge on any atom is -0.463 e. The Bertz CT molecular complexity index is 280. The predicted octanol–water partition coefficient (Wildman–Crippen LogP) is 3.48. The third-order valence-electron chi connectivity index (χ3n) is 2.27. The maximum Gasteiger partial charge on any atom is 0.306 e. The van der Waals surface area contributed by atoms with Gasteiger partial charge in [0.25, 0.3) is 0 Å². The molecule has 0 aliphatic rings. The summed E-state index contributed by atoms with van der Waals surface area (Å²) in [5.74, 6) is -0.209. The van der Waals surface area contributed by atoms with Gasteiger partial charge < -0.3 is 9.47 Å². The highest BCUT2D eigenvalue weighted by atomic mass is 35.5. The first-order valence-electron chi connectivity index (χ1n) is 6.44. The topological polar surface area (TPSA) is 52.6 Å². The summed E-state index contributed by atoms with van der Waals surface area (Å²) in [6, 6.07) is 0. The molecule has 0 aromatic carbocycles. The van der Waals surface area contributed by atoms with E-state index in [-0.39, 0.29) is 31.5 Å². The number of halogens is 2. The number of carbonyl (C=O) groups is 2. The number of hydrogen-bond donors (Lipinski definition) is 0. The zero-order valence-corrected chi connectivity index (χ0v) is 13.2. The smallest absolute Gasteiger partial charge is 0.306 e. The van der Waals surface area contributed by atoms with Crippen LogP contribution >= 0.6 is 23.2 Å². The van der Waals surface area contributed by atoms with Gasteiger partial charge in [0.1, 0.15) is 11.4 Å². The van der Waals surface area contributed by atoms with E-state index in [1.807, 2.05) is 6.92 Å². The Morgan fingerprint density at radius 3 is 2.16 bits per heavy atom. The first kappa shape index (κ1) is 18.5. The van der Waals surface area contributed by atoms with Gasteiger partial charge in [0.2, 0.25) is 0 Å². The highest BCUT2D eigenvalue weighted by Crippen LogP contribution is 2.10. The average Bonchev–Trinajstić information content (AvgIpc) is 2.24. The Morgan fingerprint density at radius 1 is 1.05 bits per heavy atom. The second-order valence-corrected chi connectivity index (χ2v) is 6.13. The van der Waals surface area contributed by atoms with Gasteiger partial charge in [-0.3, -0.25) is 9.59 Å². The molecular formula is C13H22Cl2O4. The van der Waals surface area contributed by atoms with Crippen molar-refractivity contribution >= 4 is 35.1 Å². The molecule has 0 fully saturated rings. The number of hydrogen-bond acceptors (Lipinski definition) is 4. The van der Waals surface area contributed by atoms with E-state index in [4.69, 9.17) is 32.7 Å². The van der Waals surface area contributed by atoms with Crippen LogP contribution in [0.1, 0.15) is 46.5 Å². The average molecular weight is 313 g/mol. The first-order valence-corrected chi connectivity index (χ1v) is 7.31. The predicted molar refractivity (Wildman–Crippen MR) is 75.3 cm³/mol. The highest BCUT2D eigenvalue weighted by molar-refractivity contribution is 6.44. The van der Waals surface area contributed by atoms with Crippen LogP contribution < -0.4 is 0 Å². The summed E-state index contributed by atoms with van der Waals surface area (Å²) in [4.78, 5) is 22.0. The SMILES string of the molecule is CC(C)CC(C)OC(=O)CCCC(=O)OCC(Cl)Cl. The normalized spacial score (nSPS) is 12.6. The van der Waals surface area contributed by atoms with E-state index in [1.165, 1.54) is 0 Å². The lowest BCUT2D eigenvalue weighted by molar-refractivity contribution is -0.149. The molecule has 0 bridgehead atoms. The summed E-state index contributed by atoms with van der Waals surface area (Å²) in [6.45, 7) is 5.98. The van der Waals surface area contributed by atoms with Crippen molar-refractivity contribution in [1.29, 1.82) is 0 Å². The molecule has 1 unspecified atom stereocenters. The van der Waals surface area contributed by atoms with Crippen molar-refractivity contribution in [3.8, 4) is 0 Å². The molecule has 0 aromatic heterocycles. The summed E-state index contributed by atoms with van der Waals surface area (Å²) in [5.41, 5.74) is 0. The van der Waals surface area contributed by atoms with E-state index >= 15 is 0 Å². The second kappa shape index (κ2) is 10.3. The van der Waals surface area contributed by atoms with Crippen LogP contribution in [0.25, 0.3) is 0 Å². The van der Waals surface area contributed by atoms with Gasteiger partial charge in [0, 0.05) is 12.8 Å². The van der Waals surface area contributed by atoms with Gasteiger partial charge in [0.15, 0.2) is 0 Å². The van der Waals surface area contributed by atoms with Crippen LogP contribution in [-0.4, -0.2) is 29.5 Å². The van der Waals surface area contributed by atoms with Crippen LogP contribution in [0.2, 0.25) is 0 Å². The van der Waals surface area contributed by atoms with Crippen LogP contribution in [0.15, 0.2) is 0 Å². The highest BCUT2D eigenvalue weighted by Gasteiger charge is 2.12. The number of esters is 2. The largest absolute Gasteiger partial charge is 0.463 e. The number of alkyl halides is 2. The zero-order valence-electron chi connectivity index (χ0n) is 11.7. The molecule has 0 saturated carbocycles. The van der Waals surface area contributed by atoms with Gasteiger partial charge in [-0.2, -0.15) is 0 Å². The van der Waals surface area contributed by atoms with Gasteiger partial charge in [-0.25, -0.2) is 0 Å². The molecule has 0 spiro atoms. The standard InChI is InChI=1S/C13H22Cl2O4/c1-9(2)7-10(3)19-13(17)6-4-5-12(16)18-8-11(14)15/h9-11H,4-8H2,1-3H3. The van der Waals surface area contributed by atoms with E-state index in [1.54, 1.807) is 0 Å². The van der Waals surface area contributed by atoms with E-state index in [0.717, 1.165) is 6.42 Å². The van der Waals surface area contributed by atoms with E-state index in [0.29, 0.717) is 12.3 Å². The molecule has 19 heavy (non-hydrogen) atoms. The molecule has 0 N–H and O–H groups in total. The van der Waals surface area contributed by atoms with Crippen molar-refractivity contribution in [2.24, 2.45) is 5.92 Å². The van der Waals surface area contributed by atoms with Crippen LogP contribution in [0.4, 0.5) is 0 Å². The number of ether oxygens (including phenoxy) is 2. The van der Waals surface area contributed by atoms with E-state index in [2.05, 4.69) is 13.8 Å². The molecule has 4 nitrogen and oxygen atoms in total. The molecule has 0 aliphatic carbocycles. The maximum absolute atomic E-state index is 11.5. The van der Waals surface area contributed by atoms with E-state index < -0.39 is 10.8 Å². The Labute approximate surface area is 124 Å². The van der Waals surface area contributed by atoms with Gasteiger partial charge in [0.05, 0.1) is 6.10 Å². The Morgan fingerprint density at radius 2 is 1.63 bits per heavy atom. The lowest BCUT2D eigenvalue weighted by Gasteiger charge is -2.15. The fourth-order valence-corrected chi connectivity index (χ4v) is 1.73. The van der Waals surface area contributed by atoms with Crippen molar-refractivity contribution in [3.63, 3.8) is 0 Å². The fourth-order valence-electron chi connectivity index (χ4n) is 1.60. The minimum atomic E-state index is -0.717. The summed E-state index contributed by atoms with van der Waals surface area (Å²) < 4.78 is 9.97. The van der Waals surface area contributed by atoms with Crippen molar-refractivity contribution < 1.29 is 19.1 Å². The fraction of sp³-hybridized carbons (Fsp3) is 0.846. The maximum atomic E-state index is 11.5. The van der Waals surface area contributed by atoms with Gasteiger partial charge in [-0.1, -0.05) is 13.8 Å². The van der Waals surface area contributed by atoms with Crippen molar-refractivity contribution in [1.82, 2.24) is 0 Å². The Kier molecular flexibility index (Phi) is 10.1. The molecule has 0 rings (SSSR count).